The number of aromatic nitrogens is 1. The van der Waals surface area contributed by atoms with Crippen molar-refractivity contribution in [2.24, 2.45) is 0 Å². The first-order valence-corrected chi connectivity index (χ1v) is 11.6. The van der Waals surface area contributed by atoms with Crippen molar-refractivity contribution in [2.45, 2.75) is 0 Å². The molecule has 1 aromatic heterocycles. The Hall–Kier alpha value is -3.50. The quantitative estimate of drug-likeness (QED) is 0.395. The van der Waals surface area contributed by atoms with Gasteiger partial charge in [0.15, 0.2) is 5.13 Å². The number of benzene rings is 2. The number of carbonyl (C=O) groups is 2. The van der Waals surface area contributed by atoms with Crippen LogP contribution in [0.2, 0.25) is 5.02 Å². The fourth-order valence-corrected chi connectivity index (χ4v) is 4.35. The molecule has 2 aromatic carbocycles. The monoisotopic (exact) mass is 485 g/mol. The van der Waals surface area contributed by atoms with Crippen LogP contribution in [0.15, 0.2) is 47.8 Å². The highest BCUT2D eigenvalue weighted by Crippen LogP contribution is 2.24. The first-order valence-electron chi connectivity index (χ1n) is 10.3. The number of nitrogens with zero attached hydrogens (tertiary/aromatic N) is 3. The third-order valence-electron chi connectivity index (χ3n) is 5.26. The van der Waals surface area contributed by atoms with Gasteiger partial charge in [-0.3, -0.25) is 9.59 Å². The summed E-state index contributed by atoms with van der Waals surface area (Å²) in [5.41, 5.74) is 14.1. The highest BCUT2D eigenvalue weighted by atomic mass is 35.5. The van der Waals surface area contributed by atoms with E-state index < -0.39 is 0 Å². The maximum atomic E-state index is 12.5. The lowest BCUT2D eigenvalue weighted by atomic mass is 10.2. The predicted octanol–water partition coefficient (Wildman–Crippen LogP) is 2.97. The van der Waals surface area contributed by atoms with Crippen molar-refractivity contribution in [3.05, 3.63) is 58.6 Å². The van der Waals surface area contributed by atoms with Gasteiger partial charge in [-0.15, -0.1) is 11.3 Å². The maximum Gasteiger partial charge on any atom is 0.275 e. The molecule has 0 atom stereocenters. The number of hydrogen-bond donors (Lipinski definition) is 4. The molecule has 3 aromatic rings. The molecule has 1 saturated heterocycles. The van der Waals surface area contributed by atoms with Crippen LogP contribution in [0.3, 0.4) is 0 Å². The van der Waals surface area contributed by atoms with Crippen molar-refractivity contribution in [2.75, 3.05) is 59.7 Å². The Kier molecular flexibility index (Phi) is 6.85. The van der Waals surface area contributed by atoms with E-state index in [2.05, 4.69) is 20.5 Å². The Balaban J connectivity index is 1.27. The molecule has 0 unspecified atom stereocenters. The van der Waals surface area contributed by atoms with E-state index in [1.807, 2.05) is 17.0 Å². The van der Waals surface area contributed by atoms with Crippen molar-refractivity contribution < 1.29 is 9.59 Å². The first-order chi connectivity index (χ1) is 15.9. The first kappa shape index (κ1) is 22.7. The zero-order valence-electron chi connectivity index (χ0n) is 17.8. The topological polar surface area (TPSA) is 130 Å². The number of anilines is 5. The zero-order valence-corrected chi connectivity index (χ0v) is 19.3. The van der Waals surface area contributed by atoms with Gasteiger partial charge in [-0.2, -0.15) is 0 Å². The van der Waals surface area contributed by atoms with Gasteiger partial charge in [-0.25, -0.2) is 4.98 Å². The predicted molar refractivity (Wildman–Crippen MR) is 134 cm³/mol. The van der Waals surface area contributed by atoms with Gasteiger partial charge in [0.2, 0.25) is 5.91 Å². The molecule has 0 aliphatic carbocycles. The third-order valence-corrected chi connectivity index (χ3v) is 6.41. The summed E-state index contributed by atoms with van der Waals surface area (Å²) in [6.07, 6.45) is 0. The highest BCUT2D eigenvalue weighted by molar-refractivity contribution is 7.14. The van der Waals surface area contributed by atoms with Crippen LogP contribution in [-0.4, -0.2) is 54.4 Å². The Labute approximate surface area is 200 Å². The van der Waals surface area contributed by atoms with Crippen LogP contribution >= 0.6 is 22.9 Å². The number of thiazole rings is 1. The minimum atomic E-state index is -0.316. The van der Waals surface area contributed by atoms with Crippen LogP contribution in [0.5, 0.6) is 0 Å². The minimum absolute atomic E-state index is 0.0339. The van der Waals surface area contributed by atoms with Gasteiger partial charge < -0.3 is 31.9 Å². The van der Waals surface area contributed by atoms with Crippen molar-refractivity contribution >= 4 is 62.6 Å². The lowest BCUT2D eigenvalue weighted by molar-refractivity contribution is -0.129. The summed E-state index contributed by atoms with van der Waals surface area (Å²) < 4.78 is 0. The molecule has 9 nitrogen and oxygen atoms in total. The molecule has 2 heterocycles. The summed E-state index contributed by atoms with van der Waals surface area (Å²) in [6, 6.07) is 12.2. The normalized spacial score (nSPS) is 13.6. The van der Waals surface area contributed by atoms with E-state index in [9.17, 15) is 9.59 Å². The average molecular weight is 486 g/mol. The number of rotatable bonds is 6. The van der Waals surface area contributed by atoms with Crippen molar-refractivity contribution in [3.63, 3.8) is 0 Å². The second-order valence-electron chi connectivity index (χ2n) is 7.54. The summed E-state index contributed by atoms with van der Waals surface area (Å²) in [5, 5.41) is 9.03. The largest absolute Gasteiger partial charge is 0.397 e. The number of piperazine rings is 1. The number of halogens is 1. The summed E-state index contributed by atoms with van der Waals surface area (Å²) in [7, 11) is 0. The van der Waals surface area contributed by atoms with Crippen LogP contribution in [0.1, 0.15) is 10.5 Å². The molecule has 172 valence electrons. The molecule has 1 aliphatic rings. The van der Waals surface area contributed by atoms with Gasteiger partial charge in [0.05, 0.1) is 17.9 Å². The van der Waals surface area contributed by atoms with Gasteiger partial charge in [-0.05, 0) is 42.5 Å². The molecule has 4 rings (SSSR count). The fourth-order valence-electron chi connectivity index (χ4n) is 3.37. The van der Waals surface area contributed by atoms with Crippen LogP contribution in [0, 0.1) is 0 Å². The van der Waals surface area contributed by atoms with Crippen LogP contribution in [-0.2, 0) is 4.79 Å². The lowest BCUT2D eigenvalue weighted by Gasteiger charge is -2.34. The molecule has 33 heavy (non-hydrogen) atoms. The average Bonchev–Trinajstić information content (AvgIpc) is 3.32. The smallest absolute Gasteiger partial charge is 0.275 e. The molecular weight excluding hydrogens is 462 g/mol. The van der Waals surface area contributed by atoms with E-state index in [4.69, 9.17) is 23.1 Å². The summed E-state index contributed by atoms with van der Waals surface area (Å²) in [5.74, 6) is -0.282. The molecular formula is C22H24ClN7O2S. The Morgan fingerprint density at radius 1 is 1.00 bits per heavy atom. The van der Waals surface area contributed by atoms with E-state index >= 15 is 0 Å². The van der Waals surface area contributed by atoms with Gasteiger partial charge in [-0.1, -0.05) is 11.6 Å². The van der Waals surface area contributed by atoms with Crippen molar-refractivity contribution in [1.82, 2.24) is 9.88 Å². The van der Waals surface area contributed by atoms with Gasteiger partial charge in [0, 0.05) is 48.0 Å². The maximum absolute atomic E-state index is 12.5. The summed E-state index contributed by atoms with van der Waals surface area (Å²) in [6.45, 7) is 2.70. The van der Waals surface area contributed by atoms with E-state index in [-0.39, 0.29) is 18.4 Å². The number of nitrogen functional groups attached to an aromatic ring is 2. The van der Waals surface area contributed by atoms with Gasteiger partial charge in [0.25, 0.3) is 5.91 Å². The van der Waals surface area contributed by atoms with Gasteiger partial charge in [0.1, 0.15) is 5.69 Å². The van der Waals surface area contributed by atoms with Crippen molar-refractivity contribution in [3.8, 4) is 0 Å². The van der Waals surface area contributed by atoms with E-state index in [0.29, 0.717) is 54.0 Å². The standard InChI is InChI=1S/C22H24ClN7O2S/c23-14-1-3-15(4-2-14)26-12-20(31)29-7-9-30(10-8-29)22-28-19(13-33-22)21(32)27-16-5-6-17(24)18(25)11-16/h1-6,11,13,26H,7-10,12,24-25H2,(H,27,32). The molecule has 1 fully saturated rings. The molecule has 0 spiro atoms. The SMILES string of the molecule is Nc1ccc(NC(=O)c2csc(N3CCN(C(=O)CNc4ccc(Cl)cc4)CC3)n2)cc1N. The van der Waals surface area contributed by atoms with Crippen LogP contribution in [0.4, 0.5) is 27.9 Å². The molecule has 2 amide bonds. The Morgan fingerprint density at radius 3 is 2.39 bits per heavy atom. The van der Waals surface area contributed by atoms with E-state index in [1.54, 1.807) is 35.7 Å². The number of nitrogens with two attached hydrogens (primary N) is 2. The Morgan fingerprint density at radius 2 is 1.70 bits per heavy atom. The van der Waals surface area contributed by atoms with E-state index in [0.717, 1.165) is 10.8 Å². The fraction of sp³-hybridized carbons (Fsp3) is 0.227. The van der Waals surface area contributed by atoms with Crippen LogP contribution < -0.4 is 27.0 Å². The molecule has 6 N–H and O–H groups in total. The second-order valence-corrected chi connectivity index (χ2v) is 8.81. The number of hydrogen-bond acceptors (Lipinski definition) is 8. The number of carbonyl (C=O) groups excluding carboxylic acids is 2. The van der Waals surface area contributed by atoms with Gasteiger partial charge >= 0.3 is 0 Å². The van der Waals surface area contributed by atoms with Crippen LogP contribution in [0.25, 0.3) is 0 Å². The molecule has 1 aliphatic heterocycles. The Bertz CT molecular complexity index is 1140. The van der Waals surface area contributed by atoms with Crippen molar-refractivity contribution in [1.29, 1.82) is 0 Å². The zero-order chi connectivity index (χ0) is 23.4. The molecule has 0 saturated carbocycles. The number of amides is 2. The van der Waals surface area contributed by atoms with E-state index in [1.165, 1.54) is 11.3 Å². The highest BCUT2D eigenvalue weighted by Gasteiger charge is 2.23. The third kappa shape index (κ3) is 5.65. The molecule has 0 radical (unpaired) electrons. The summed E-state index contributed by atoms with van der Waals surface area (Å²) in [4.78, 5) is 33.4. The molecule has 0 bridgehead atoms. The minimum Gasteiger partial charge on any atom is -0.397 e. The number of nitrogens with one attached hydrogen (secondary N) is 2. The second kappa shape index (κ2) is 9.97. The lowest BCUT2D eigenvalue weighted by Crippen LogP contribution is -2.50. The summed E-state index contributed by atoms with van der Waals surface area (Å²) >= 11 is 7.29. The molecule has 11 heteroatoms.